The van der Waals surface area contributed by atoms with Gasteiger partial charge in [0.15, 0.2) is 0 Å². The van der Waals surface area contributed by atoms with Crippen molar-refractivity contribution in [2.75, 3.05) is 6.54 Å². The zero-order chi connectivity index (χ0) is 14.3. The zero-order valence-electron chi connectivity index (χ0n) is 11.3. The largest absolute Gasteiger partial charge is 0.481 e. The lowest BCUT2D eigenvalue weighted by Gasteiger charge is -2.20. The molecule has 1 atom stereocenters. The van der Waals surface area contributed by atoms with Crippen molar-refractivity contribution < 1.29 is 14.7 Å². The molecule has 0 aliphatic rings. The number of hydrogen-bond donors (Lipinski definition) is 3. The van der Waals surface area contributed by atoms with Crippen molar-refractivity contribution in [1.82, 2.24) is 15.5 Å². The molecule has 6 nitrogen and oxygen atoms in total. The summed E-state index contributed by atoms with van der Waals surface area (Å²) in [5, 5.41) is 17.8. The summed E-state index contributed by atoms with van der Waals surface area (Å²) in [4.78, 5) is 22.2. The molecule has 6 heteroatoms. The number of carbonyl (C=O) groups is 2. The molecule has 0 aromatic carbocycles. The van der Waals surface area contributed by atoms with Crippen LogP contribution in [0.15, 0.2) is 12.4 Å². The van der Waals surface area contributed by atoms with Gasteiger partial charge in [0.1, 0.15) is 0 Å². The van der Waals surface area contributed by atoms with Gasteiger partial charge in [0, 0.05) is 19.2 Å². The molecule has 1 aromatic heterocycles. The van der Waals surface area contributed by atoms with Gasteiger partial charge in [0.2, 0.25) is 0 Å². The van der Waals surface area contributed by atoms with Crippen molar-refractivity contribution in [3.8, 4) is 0 Å². The van der Waals surface area contributed by atoms with Crippen LogP contribution in [0, 0.1) is 11.8 Å². The van der Waals surface area contributed by atoms with Crippen LogP contribution in [0.1, 0.15) is 43.5 Å². The highest BCUT2D eigenvalue weighted by atomic mass is 16.4. The maximum Gasteiger partial charge on any atom is 0.303 e. The third kappa shape index (κ3) is 5.54. The highest BCUT2D eigenvalue weighted by Gasteiger charge is 2.15. The summed E-state index contributed by atoms with van der Waals surface area (Å²) in [6, 6.07) is 0. The first-order valence-corrected chi connectivity index (χ1v) is 6.49. The van der Waals surface area contributed by atoms with Crippen LogP contribution in [0.5, 0.6) is 0 Å². The van der Waals surface area contributed by atoms with Gasteiger partial charge in [0.05, 0.1) is 11.8 Å². The number of nitrogens with one attached hydrogen (secondary N) is 2. The van der Waals surface area contributed by atoms with E-state index in [1.54, 1.807) is 6.20 Å². The number of hydrogen-bond acceptors (Lipinski definition) is 3. The SMILES string of the molecule is CC(C)C(CCNC(=O)c1cn[nH]c1)CCC(=O)O. The summed E-state index contributed by atoms with van der Waals surface area (Å²) in [6.07, 6.45) is 4.63. The van der Waals surface area contributed by atoms with Crippen LogP contribution >= 0.6 is 0 Å². The highest BCUT2D eigenvalue weighted by Crippen LogP contribution is 2.20. The monoisotopic (exact) mass is 267 g/mol. The Bertz CT molecular complexity index is 401. The summed E-state index contributed by atoms with van der Waals surface area (Å²) >= 11 is 0. The predicted octanol–water partition coefficient (Wildman–Crippen LogP) is 1.67. The summed E-state index contributed by atoms with van der Waals surface area (Å²) < 4.78 is 0. The molecule has 1 aromatic rings. The maximum absolute atomic E-state index is 11.7. The minimum atomic E-state index is -0.770. The molecule has 19 heavy (non-hydrogen) atoms. The summed E-state index contributed by atoms with van der Waals surface area (Å²) in [7, 11) is 0. The van der Waals surface area contributed by atoms with Gasteiger partial charge in [-0.05, 0) is 24.7 Å². The molecular weight excluding hydrogens is 246 g/mol. The summed E-state index contributed by atoms with van der Waals surface area (Å²) in [5.74, 6) is -0.214. The molecule has 1 rings (SSSR count). The molecule has 0 aliphatic carbocycles. The molecule has 0 aliphatic heterocycles. The first kappa shape index (κ1) is 15.2. The fourth-order valence-corrected chi connectivity index (χ4v) is 1.97. The van der Waals surface area contributed by atoms with Crippen LogP contribution in [0.25, 0.3) is 0 Å². The van der Waals surface area contributed by atoms with Crippen molar-refractivity contribution in [3.63, 3.8) is 0 Å². The van der Waals surface area contributed by atoms with Crippen LogP contribution in [0.4, 0.5) is 0 Å². The van der Waals surface area contributed by atoms with Gasteiger partial charge < -0.3 is 10.4 Å². The Morgan fingerprint density at radius 2 is 2.16 bits per heavy atom. The van der Waals surface area contributed by atoms with E-state index in [4.69, 9.17) is 5.11 Å². The number of aromatic amines is 1. The third-order valence-electron chi connectivity index (χ3n) is 3.23. The fraction of sp³-hybridized carbons (Fsp3) is 0.615. The van der Waals surface area contributed by atoms with Crippen molar-refractivity contribution in [2.24, 2.45) is 11.8 Å². The van der Waals surface area contributed by atoms with Crippen LogP contribution in [-0.4, -0.2) is 33.7 Å². The molecule has 0 radical (unpaired) electrons. The number of aliphatic carboxylic acids is 1. The number of aromatic nitrogens is 2. The molecule has 1 unspecified atom stereocenters. The number of amides is 1. The molecule has 3 N–H and O–H groups in total. The second kappa shape index (κ2) is 7.56. The van der Waals surface area contributed by atoms with Crippen LogP contribution in [-0.2, 0) is 4.79 Å². The van der Waals surface area contributed by atoms with Gasteiger partial charge in [-0.25, -0.2) is 0 Å². The number of rotatable bonds is 8. The fourth-order valence-electron chi connectivity index (χ4n) is 1.97. The summed E-state index contributed by atoms with van der Waals surface area (Å²) in [5.41, 5.74) is 0.506. The first-order chi connectivity index (χ1) is 9.00. The van der Waals surface area contributed by atoms with Crippen molar-refractivity contribution in [1.29, 1.82) is 0 Å². The van der Waals surface area contributed by atoms with Gasteiger partial charge in [-0.1, -0.05) is 13.8 Å². The van der Waals surface area contributed by atoms with Crippen LogP contribution in [0.2, 0.25) is 0 Å². The van der Waals surface area contributed by atoms with Crippen molar-refractivity contribution in [3.05, 3.63) is 18.0 Å². The quantitative estimate of drug-likeness (QED) is 0.667. The predicted molar refractivity (Wildman–Crippen MR) is 70.7 cm³/mol. The van der Waals surface area contributed by atoms with Gasteiger partial charge in [-0.3, -0.25) is 14.7 Å². The van der Waals surface area contributed by atoms with E-state index >= 15 is 0 Å². The average Bonchev–Trinajstić information content (AvgIpc) is 2.86. The minimum absolute atomic E-state index is 0.158. The Balaban J connectivity index is 2.32. The van der Waals surface area contributed by atoms with Crippen LogP contribution in [0.3, 0.4) is 0 Å². The molecule has 0 fully saturated rings. The molecule has 1 heterocycles. The summed E-state index contributed by atoms with van der Waals surface area (Å²) in [6.45, 7) is 4.70. The van der Waals surface area contributed by atoms with E-state index < -0.39 is 5.97 Å². The molecule has 106 valence electrons. The first-order valence-electron chi connectivity index (χ1n) is 6.49. The molecule has 0 bridgehead atoms. The van der Waals surface area contributed by atoms with Crippen molar-refractivity contribution in [2.45, 2.75) is 33.1 Å². The number of carboxylic acid groups (broad SMARTS) is 1. The normalized spacial score (nSPS) is 12.4. The standard InChI is InChI=1S/C13H21N3O3/c1-9(2)10(3-4-12(17)18)5-6-14-13(19)11-7-15-16-8-11/h7-10H,3-6H2,1-2H3,(H,14,19)(H,15,16)(H,17,18). The Hall–Kier alpha value is -1.85. The van der Waals surface area contributed by atoms with Gasteiger partial charge in [-0.15, -0.1) is 0 Å². The van der Waals surface area contributed by atoms with E-state index in [1.807, 2.05) is 0 Å². The third-order valence-corrected chi connectivity index (χ3v) is 3.23. The number of H-pyrrole nitrogens is 1. The van der Waals surface area contributed by atoms with E-state index in [0.29, 0.717) is 30.4 Å². The van der Waals surface area contributed by atoms with Gasteiger partial charge >= 0.3 is 5.97 Å². The second-order valence-corrected chi connectivity index (χ2v) is 4.97. The minimum Gasteiger partial charge on any atom is -0.481 e. The van der Waals surface area contributed by atoms with E-state index in [0.717, 1.165) is 6.42 Å². The highest BCUT2D eigenvalue weighted by molar-refractivity contribution is 5.93. The maximum atomic E-state index is 11.7. The van der Waals surface area contributed by atoms with E-state index in [2.05, 4.69) is 29.4 Å². The molecule has 0 saturated carbocycles. The van der Waals surface area contributed by atoms with E-state index in [1.165, 1.54) is 6.20 Å². The molecule has 1 amide bonds. The number of carbonyl (C=O) groups excluding carboxylic acids is 1. The Morgan fingerprint density at radius 3 is 2.68 bits per heavy atom. The topological polar surface area (TPSA) is 95.1 Å². The molecule has 0 saturated heterocycles. The Morgan fingerprint density at radius 1 is 1.42 bits per heavy atom. The smallest absolute Gasteiger partial charge is 0.303 e. The second-order valence-electron chi connectivity index (χ2n) is 4.97. The Kier molecular flexibility index (Phi) is 6.05. The molecule has 0 spiro atoms. The lowest BCUT2D eigenvalue weighted by atomic mass is 9.88. The lowest BCUT2D eigenvalue weighted by molar-refractivity contribution is -0.137. The van der Waals surface area contributed by atoms with Crippen molar-refractivity contribution >= 4 is 11.9 Å². The van der Waals surface area contributed by atoms with Gasteiger partial charge in [0.25, 0.3) is 5.91 Å². The molecular formula is C13H21N3O3. The van der Waals surface area contributed by atoms with Crippen LogP contribution < -0.4 is 5.32 Å². The zero-order valence-corrected chi connectivity index (χ0v) is 11.3. The number of nitrogens with zero attached hydrogens (tertiary/aromatic N) is 1. The van der Waals surface area contributed by atoms with E-state index in [-0.39, 0.29) is 12.3 Å². The van der Waals surface area contributed by atoms with E-state index in [9.17, 15) is 9.59 Å². The lowest BCUT2D eigenvalue weighted by Crippen LogP contribution is -2.26. The van der Waals surface area contributed by atoms with Gasteiger partial charge in [-0.2, -0.15) is 5.10 Å². The Labute approximate surface area is 112 Å². The average molecular weight is 267 g/mol. The number of carboxylic acids is 1.